The second kappa shape index (κ2) is 5.55. The lowest BCUT2D eigenvalue weighted by Crippen LogP contribution is -1.96. The summed E-state index contributed by atoms with van der Waals surface area (Å²) < 4.78 is 1.13. The lowest BCUT2D eigenvalue weighted by Gasteiger charge is -2.10. The quantitative estimate of drug-likeness (QED) is 0.638. The van der Waals surface area contributed by atoms with Gasteiger partial charge in [0.25, 0.3) is 0 Å². The van der Waals surface area contributed by atoms with Crippen LogP contribution in [0.15, 0.2) is 34.8 Å². The molecule has 2 aromatic rings. The average molecular weight is 330 g/mol. The molecule has 2 rings (SSSR count). The third kappa shape index (κ3) is 3.12. The van der Waals surface area contributed by atoms with Gasteiger partial charge in [0.1, 0.15) is 0 Å². The summed E-state index contributed by atoms with van der Waals surface area (Å²) >= 11 is 11.9. The molecule has 17 heavy (non-hydrogen) atoms. The van der Waals surface area contributed by atoms with E-state index < -0.39 is 0 Å². The summed E-state index contributed by atoms with van der Waals surface area (Å²) in [5.74, 6) is 0. The number of hydrogen-bond donors (Lipinski definition) is 0. The minimum Gasteiger partial charge on any atom is -0.143 e. The van der Waals surface area contributed by atoms with Gasteiger partial charge in [-0.15, -0.1) is 22.9 Å². The average Bonchev–Trinajstić information content (AvgIpc) is 2.61. The molecule has 0 radical (unpaired) electrons. The summed E-state index contributed by atoms with van der Waals surface area (Å²) in [7, 11) is 0. The molecule has 0 saturated heterocycles. The van der Waals surface area contributed by atoms with Crippen molar-refractivity contribution in [2.24, 2.45) is 0 Å². The molecular weight excluding hydrogens is 316 g/mol. The maximum absolute atomic E-state index is 6.51. The summed E-state index contributed by atoms with van der Waals surface area (Å²) in [5.41, 5.74) is 2.63. The van der Waals surface area contributed by atoms with Crippen molar-refractivity contribution in [2.45, 2.75) is 25.6 Å². The van der Waals surface area contributed by atoms with Crippen LogP contribution in [-0.2, 0) is 6.42 Å². The standard InChI is InChI=1S/C14H14BrClS/c1-9-5-3-4-6-11(9)8-13(16)14-12(15)7-10(2)17-14/h3-7,13H,8H2,1-2H3. The number of rotatable bonds is 3. The Hall–Kier alpha value is -0.310. The van der Waals surface area contributed by atoms with Crippen molar-refractivity contribution in [2.75, 3.05) is 0 Å². The Balaban J connectivity index is 2.20. The maximum Gasteiger partial charge on any atom is 0.0730 e. The molecule has 0 saturated carbocycles. The van der Waals surface area contributed by atoms with E-state index in [0.29, 0.717) is 0 Å². The first-order valence-electron chi connectivity index (χ1n) is 5.52. The van der Waals surface area contributed by atoms with Gasteiger partial charge in [0.2, 0.25) is 0 Å². The lowest BCUT2D eigenvalue weighted by atomic mass is 10.0. The van der Waals surface area contributed by atoms with Crippen molar-refractivity contribution in [3.05, 3.63) is 55.7 Å². The van der Waals surface area contributed by atoms with Gasteiger partial charge in [0, 0.05) is 14.2 Å². The minimum absolute atomic E-state index is 0.0455. The monoisotopic (exact) mass is 328 g/mol. The zero-order chi connectivity index (χ0) is 12.4. The first-order chi connectivity index (χ1) is 8.08. The molecule has 1 aromatic heterocycles. The SMILES string of the molecule is Cc1cc(Br)c(C(Cl)Cc2ccccc2C)s1. The molecule has 0 aliphatic heterocycles. The molecule has 0 N–H and O–H groups in total. The molecule has 1 unspecified atom stereocenters. The van der Waals surface area contributed by atoms with Crippen molar-refractivity contribution in [1.82, 2.24) is 0 Å². The summed E-state index contributed by atoms with van der Waals surface area (Å²) in [6, 6.07) is 10.5. The Morgan fingerprint density at radius 3 is 2.59 bits per heavy atom. The Bertz CT molecular complexity index is 519. The van der Waals surface area contributed by atoms with Gasteiger partial charge >= 0.3 is 0 Å². The Morgan fingerprint density at radius 1 is 1.29 bits per heavy atom. The molecule has 3 heteroatoms. The van der Waals surface area contributed by atoms with Crippen molar-refractivity contribution in [3.8, 4) is 0 Å². The van der Waals surface area contributed by atoms with E-state index in [4.69, 9.17) is 11.6 Å². The van der Waals surface area contributed by atoms with Gasteiger partial charge in [0.15, 0.2) is 0 Å². The van der Waals surface area contributed by atoms with Gasteiger partial charge in [-0.05, 0) is 53.4 Å². The number of alkyl halides is 1. The number of aryl methyl sites for hydroxylation is 2. The zero-order valence-corrected chi connectivity index (χ0v) is 13.0. The smallest absolute Gasteiger partial charge is 0.0730 e. The van der Waals surface area contributed by atoms with Gasteiger partial charge in [-0.2, -0.15) is 0 Å². The predicted molar refractivity (Wildman–Crippen MR) is 80.2 cm³/mol. The van der Waals surface area contributed by atoms with Crippen molar-refractivity contribution >= 4 is 38.9 Å². The number of hydrogen-bond acceptors (Lipinski definition) is 1. The summed E-state index contributed by atoms with van der Waals surface area (Å²) in [6.45, 7) is 4.24. The summed E-state index contributed by atoms with van der Waals surface area (Å²) in [6.07, 6.45) is 0.882. The van der Waals surface area contributed by atoms with E-state index in [-0.39, 0.29) is 5.38 Å². The first kappa shape index (κ1) is 13.1. The molecule has 0 nitrogen and oxygen atoms in total. The van der Waals surface area contributed by atoms with Gasteiger partial charge in [-0.1, -0.05) is 24.3 Å². The van der Waals surface area contributed by atoms with Crippen LogP contribution in [0.1, 0.15) is 26.3 Å². The molecular formula is C14H14BrClS. The van der Waals surface area contributed by atoms with E-state index in [1.807, 2.05) is 0 Å². The zero-order valence-electron chi connectivity index (χ0n) is 9.84. The second-order valence-electron chi connectivity index (χ2n) is 4.17. The van der Waals surface area contributed by atoms with Gasteiger partial charge in [0.05, 0.1) is 5.38 Å². The van der Waals surface area contributed by atoms with E-state index in [0.717, 1.165) is 10.9 Å². The number of benzene rings is 1. The third-order valence-corrected chi connectivity index (χ3v) is 5.37. The Morgan fingerprint density at radius 2 is 2.00 bits per heavy atom. The van der Waals surface area contributed by atoms with E-state index in [1.54, 1.807) is 11.3 Å². The number of halogens is 2. The highest BCUT2D eigenvalue weighted by atomic mass is 79.9. The van der Waals surface area contributed by atoms with Crippen LogP contribution in [0.5, 0.6) is 0 Å². The fourth-order valence-corrected chi connectivity index (χ4v) is 4.29. The lowest BCUT2D eigenvalue weighted by molar-refractivity contribution is 0.926. The van der Waals surface area contributed by atoms with E-state index in [1.165, 1.54) is 20.9 Å². The highest BCUT2D eigenvalue weighted by Crippen LogP contribution is 2.37. The van der Waals surface area contributed by atoms with E-state index in [2.05, 4.69) is 60.1 Å². The van der Waals surface area contributed by atoms with Crippen LogP contribution in [0.25, 0.3) is 0 Å². The third-order valence-electron chi connectivity index (χ3n) is 2.78. The predicted octanol–water partition coefficient (Wildman–Crippen LogP) is 5.65. The van der Waals surface area contributed by atoms with Crippen LogP contribution in [0.4, 0.5) is 0 Å². The van der Waals surface area contributed by atoms with E-state index in [9.17, 15) is 0 Å². The molecule has 1 aromatic carbocycles. The van der Waals surface area contributed by atoms with Crippen LogP contribution >= 0.6 is 38.9 Å². The maximum atomic E-state index is 6.51. The first-order valence-corrected chi connectivity index (χ1v) is 7.57. The molecule has 0 spiro atoms. The fraction of sp³-hybridized carbons (Fsp3) is 0.286. The van der Waals surface area contributed by atoms with Gasteiger partial charge in [-0.25, -0.2) is 0 Å². The highest BCUT2D eigenvalue weighted by molar-refractivity contribution is 9.10. The highest BCUT2D eigenvalue weighted by Gasteiger charge is 2.15. The molecule has 90 valence electrons. The molecule has 0 amide bonds. The van der Waals surface area contributed by atoms with Crippen LogP contribution in [0, 0.1) is 13.8 Å². The summed E-state index contributed by atoms with van der Waals surface area (Å²) in [5, 5.41) is 0.0455. The van der Waals surface area contributed by atoms with Crippen LogP contribution in [0.2, 0.25) is 0 Å². The Kier molecular flexibility index (Phi) is 4.29. The van der Waals surface area contributed by atoms with Gasteiger partial charge < -0.3 is 0 Å². The van der Waals surface area contributed by atoms with Gasteiger partial charge in [-0.3, -0.25) is 0 Å². The normalized spacial score (nSPS) is 12.7. The molecule has 0 aliphatic rings. The minimum atomic E-state index is 0.0455. The van der Waals surface area contributed by atoms with Crippen molar-refractivity contribution in [1.29, 1.82) is 0 Å². The van der Waals surface area contributed by atoms with E-state index >= 15 is 0 Å². The molecule has 0 bridgehead atoms. The summed E-state index contributed by atoms with van der Waals surface area (Å²) in [4.78, 5) is 2.52. The van der Waals surface area contributed by atoms with Crippen molar-refractivity contribution in [3.63, 3.8) is 0 Å². The fourth-order valence-electron chi connectivity index (χ4n) is 1.84. The van der Waals surface area contributed by atoms with Crippen LogP contribution < -0.4 is 0 Å². The topological polar surface area (TPSA) is 0 Å². The molecule has 0 fully saturated rings. The second-order valence-corrected chi connectivity index (χ2v) is 6.84. The molecule has 0 aliphatic carbocycles. The molecule has 1 heterocycles. The largest absolute Gasteiger partial charge is 0.143 e. The van der Waals surface area contributed by atoms with Crippen molar-refractivity contribution < 1.29 is 0 Å². The number of thiophene rings is 1. The Labute approximate surface area is 120 Å². The van der Waals surface area contributed by atoms with Crippen LogP contribution in [0.3, 0.4) is 0 Å². The van der Waals surface area contributed by atoms with Crippen LogP contribution in [-0.4, -0.2) is 0 Å². The molecule has 1 atom stereocenters.